The molecule has 20 heavy (non-hydrogen) atoms. The van der Waals surface area contributed by atoms with E-state index in [4.69, 9.17) is 12.2 Å². The highest BCUT2D eigenvalue weighted by Gasteiger charge is 2.30. The molecule has 2 rings (SSSR count). The first kappa shape index (κ1) is 15.4. The molecule has 1 heterocycles. The van der Waals surface area contributed by atoms with Gasteiger partial charge in [0.15, 0.2) is 4.77 Å². The van der Waals surface area contributed by atoms with Crippen LogP contribution in [0.4, 0.5) is 13.2 Å². The quantitative estimate of drug-likeness (QED) is 0.812. The number of imidazole rings is 1. The van der Waals surface area contributed by atoms with Gasteiger partial charge in [-0.25, -0.2) is 0 Å². The first-order valence-corrected chi connectivity index (χ1v) is 7.85. The minimum atomic E-state index is -4.33. The zero-order valence-electron chi connectivity index (χ0n) is 11.1. The van der Waals surface area contributed by atoms with Gasteiger partial charge in [-0.15, -0.1) is 0 Å². The van der Waals surface area contributed by atoms with Crippen LogP contribution in [-0.2, 0) is 12.7 Å². The standard InChI is InChI=1S/C13H15F3N2S2/c1-8(20-2)5-6-18-11-4-3-9(13(14,15)16)7-10(11)17-12(18)19/h3-4,7-8H,5-6H2,1-2H3,(H,17,19). The van der Waals surface area contributed by atoms with Crippen molar-refractivity contribution in [1.29, 1.82) is 0 Å². The Morgan fingerprint density at radius 1 is 1.40 bits per heavy atom. The van der Waals surface area contributed by atoms with E-state index in [1.165, 1.54) is 6.07 Å². The van der Waals surface area contributed by atoms with E-state index in [9.17, 15) is 13.2 Å². The molecule has 0 radical (unpaired) electrons. The third-order valence-corrected chi connectivity index (χ3v) is 4.63. The van der Waals surface area contributed by atoms with E-state index < -0.39 is 11.7 Å². The number of thioether (sulfide) groups is 1. The molecular weight excluding hydrogens is 305 g/mol. The normalized spacial score (nSPS) is 13.8. The van der Waals surface area contributed by atoms with Crippen molar-refractivity contribution in [3.05, 3.63) is 28.5 Å². The Hall–Kier alpha value is -0.950. The van der Waals surface area contributed by atoms with Gasteiger partial charge < -0.3 is 9.55 Å². The molecule has 0 amide bonds. The number of aromatic amines is 1. The van der Waals surface area contributed by atoms with Gasteiger partial charge in [0, 0.05) is 11.8 Å². The Kier molecular flexibility index (Phi) is 4.49. The average molecular weight is 320 g/mol. The summed E-state index contributed by atoms with van der Waals surface area (Å²) in [5, 5.41) is 0.483. The highest BCUT2D eigenvalue weighted by atomic mass is 32.2. The van der Waals surface area contributed by atoms with Crippen molar-refractivity contribution in [1.82, 2.24) is 9.55 Å². The summed E-state index contributed by atoms with van der Waals surface area (Å²) in [5.74, 6) is 0. The predicted octanol–water partition coefficient (Wildman–Crippen LogP) is 4.86. The average Bonchev–Trinajstić information content (AvgIpc) is 2.69. The Bertz CT molecular complexity index is 658. The summed E-state index contributed by atoms with van der Waals surface area (Å²) in [5.41, 5.74) is 0.490. The van der Waals surface area contributed by atoms with Gasteiger partial charge in [0.2, 0.25) is 0 Å². The fraction of sp³-hybridized carbons (Fsp3) is 0.462. The van der Waals surface area contributed by atoms with Gasteiger partial charge >= 0.3 is 6.18 Å². The molecule has 0 aliphatic heterocycles. The maximum absolute atomic E-state index is 12.7. The van der Waals surface area contributed by atoms with Crippen molar-refractivity contribution < 1.29 is 13.2 Å². The summed E-state index contributed by atoms with van der Waals surface area (Å²) in [6, 6.07) is 3.69. The Labute approximate surface area is 124 Å². The van der Waals surface area contributed by atoms with Gasteiger partial charge in [-0.05, 0) is 43.1 Å². The number of nitrogens with zero attached hydrogens (tertiary/aromatic N) is 1. The monoisotopic (exact) mass is 320 g/mol. The molecule has 0 saturated heterocycles. The molecule has 2 aromatic rings. The highest BCUT2D eigenvalue weighted by Crippen LogP contribution is 2.31. The van der Waals surface area contributed by atoms with Crippen LogP contribution in [0.5, 0.6) is 0 Å². The number of alkyl halides is 3. The Balaban J connectivity index is 2.38. The Morgan fingerprint density at radius 3 is 2.70 bits per heavy atom. The van der Waals surface area contributed by atoms with Crippen molar-refractivity contribution in [2.75, 3.05) is 6.26 Å². The first-order valence-electron chi connectivity index (χ1n) is 6.15. The van der Waals surface area contributed by atoms with E-state index in [0.717, 1.165) is 24.1 Å². The number of H-pyrrole nitrogens is 1. The number of rotatable bonds is 4. The number of nitrogens with one attached hydrogen (secondary N) is 1. The molecule has 1 unspecified atom stereocenters. The van der Waals surface area contributed by atoms with Crippen LogP contribution in [0.1, 0.15) is 18.9 Å². The summed E-state index contributed by atoms with van der Waals surface area (Å²) in [4.78, 5) is 2.85. The smallest absolute Gasteiger partial charge is 0.331 e. The van der Waals surface area contributed by atoms with Crippen LogP contribution in [-0.4, -0.2) is 21.1 Å². The van der Waals surface area contributed by atoms with E-state index in [1.54, 1.807) is 11.8 Å². The lowest BCUT2D eigenvalue weighted by molar-refractivity contribution is -0.137. The van der Waals surface area contributed by atoms with Gasteiger partial charge in [-0.1, -0.05) is 6.92 Å². The fourth-order valence-corrected chi connectivity index (χ4v) is 2.63. The van der Waals surface area contributed by atoms with E-state index in [0.29, 0.717) is 22.1 Å². The van der Waals surface area contributed by atoms with Crippen LogP contribution in [0, 0.1) is 4.77 Å². The van der Waals surface area contributed by atoms with E-state index >= 15 is 0 Å². The minimum Gasteiger partial charge on any atom is -0.331 e. The van der Waals surface area contributed by atoms with Gasteiger partial charge in [0.05, 0.1) is 16.6 Å². The van der Waals surface area contributed by atoms with Crippen molar-refractivity contribution in [3.8, 4) is 0 Å². The SMILES string of the molecule is CSC(C)CCn1c(=S)[nH]c2cc(C(F)(F)F)ccc21. The number of hydrogen-bond donors (Lipinski definition) is 1. The van der Waals surface area contributed by atoms with Gasteiger partial charge in [-0.3, -0.25) is 0 Å². The molecule has 0 bridgehead atoms. The lowest BCUT2D eigenvalue weighted by atomic mass is 10.2. The summed E-state index contributed by atoms with van der Waals surface area (Å²) in [7, 11) is 0. The minimum absolute atomic E-state index is 0.432. The third kappa shape index (κ3) is 3.20. The van der Waals surface area contributed by atoms with E-state index in [2.05, 4.69) is 11.9 Å². The maximum atomic E-state index is 12.7. The third-order valence-electron chi connectivity index (χ3n) is 3.26. The van der Waals surface area contributed by atoms with E-state index in [1.807, 2.05) is 10.8 Å². The van der Waals surface area contributed by atoms with Crippen LogP contribution < -0.4 is 0 Å². The Morgan fingerprint density at radius 2 is 2.10 bits per heavy atom. The highest BCUT2D eigenvalue weighted by molar-refractivity contribution is 7.99. The molecular formula is C13H15F3N2S2. The fourth-order valence-electron chi connectivity index (χ4n) is 1.99. The molecule has 0 aliphatic carbocycles. The number of halogens is 3. The van der Waals surface area contributed by atoms with Crippen molar-refractivity contribution in [2.24, 2.45) is 0 Å². The lowest BCUT2D eigenvalue weighted by Crippen LogP contribution is -2.06. The second-order valence-electron chi connectivity index (χ2n) is 4.65. The molecule has 1 aromatic carbocycles. The molecule has 7 heteroatoms. The van der Waals surface area contributed by atoms with Gasteiger partial charge in [0.1, 0.15) is 0 Å². The zero-order chi connectivity index (χ0) is 14.9. The number of benzene rings is 1. The first-order chi connectivity index (χ1) is 9.32. The number of hydrogen-bond acceptors (Lipinski definition) is 2. The molecule has 0 spiro atoms. The van der Waals surface area contributed by atoms with Crippen molar-refractivity contribution in [2.45, 2.75) is 31.3 Å². The second-order valence-corrected chi connectivity index (χ2v) is 6.31. The number of aryl methyl sites for hydroxylation is 1. The van der Waals surface area contributed by atoms with Gasteiger partial charge in [0.25, 0.3) is 0 Å². The molecule has 2 nitrogen and oxygen atoms in total. The molecule has 1 atom stereocenters. The van der Waals surface area contributed by atoms with Crippen LogP contribution in [0.15, 0.2) is 18.2 Å². The van der Waals surface area contributed by atoms with Crippen molar-refractivity contribution >= 4 is 35.0 Å². The van der Waals surface area contributed by atoms with Gasteiger partial charge in [-0.2, -0.15) is 24.9 Å². The molecule has 0 fully saturated rings. The van der Waals surface area contributed by atoms with Crippen molar-refractivity contribution in [3.63, 3.8) is 0 Å². The predicted molar refractivity (Wildman–Crippen MR) is 79.7 cm³/mol. The summed E-state index contributed by atoms with van der Waals surface area (Å²) >= 11 is 6.95. The lowest BCUT2D eigenvalue weighted by Gasteiger charge is -2.10. The maximum Gasteiger partial charge on any atom is 0.416 e. The summed E-state index contributed by atoms with van der Waals surface area (Å²) in [6.07, 6.45) is -1.38. The largest absolute Gasteiger partial charge is 0.416 e. The molecule has 0 saturated carbocycles. The summed E-state index contributed by atoms with van der Waals surface area (Å²) < 4.78 is 40.3. The van der Waals surface area contributed by atoms with Crippen LogP contribution >= 0.6 is 24.0 Å². The van der Waals surface area contributed by atoms with E-state index in [-0.39, 0.29) is 0 Å². The topological polar surface area (TPSA) is 20.7 Å². The number of aromatic nitrogens is 2. The molecule has 1 aromatic heterocycles. The van der Waals surface area contributed by atoms with Crippen LogP contribution in [0.2, 0.25) is 0 Å². The van der Waals surface area contributed by atoms with Crippen LogP contribution in [0.3, 0.4) is 0 Å². The summed E-state index contributed by atoms with van der Waals surface area (Å²) in [6.45, 7) is 2.82. The zero-order valence-corrected chi connectivity index (χ0v) is 12.8. The number of fused-ring (bicyclic) bond motifs is 1. The molecule has 110 valence electrons. The van der Waals surface area contributed by atoms with Crippen LogP contribution in [0.25, 0.3) is 11.0 Å². The second kappa shape index (κ2) is 5.81. The molecule has 1 N–H and O–H groups in total. The molecule has 0 aliphatic rings.